The third-order valence-corrected chi connectivity index (χ3v) is 2.77. The van der Waals surface area contributed by atoms with E-state index in [1.165, 1.54) is 0 Å². The summed E-state index contributed by atoms with van der Waals surface area (Å²) < 4.78 is 11.1. The molecular formula is C15H17BO4. The zero-order valence-corrected chi connectivity index (χ0v) is 11.3. The first-order valence-electron chi connectivity index (χ1n) is 6.49. The van der Waals surface area contributed by atoms with Crippen LogP contribution in [0, 0.1) is 0 Å². The van der Waals surface area contributed by atoms with Crippen LogP contribution in [0.1, 0.15) is 12.5 Å². The summed E-state index contributed by atoms with van der Waals surface area (Å²) in [5.41, 5.74) is 1.33. The number of benzene rings is 2. The van der Waals surface area contributed by atoms with E-state index in [1.54, 1.807) is 18.2 Å². The molecular weight excluding hydrogens is 255 g/mol. The predicted octanol–water partition coefficient (Wildman–Crippen LogP) is 1.34. The van der Waals surface area contributed by atoms with E-state index >= 15 is 0 Å². The fraction of sp³-hybridized carbons (Fsp3) is 0.200. The van der Waals surface area contributed by atoms with Crippen LogP contribution < -0.4 is 14.9 Å². The van der Waals surface area contributed by atoms with Crippen molar-refractivity contribution >= 4 is 12.6 Å². The molecule has 4 nitrogen and oxygen atoms in total. The molecule has 0 spiro atoms. The Kier molecular flexibility index (Phi) is 5.04. The Labute approximate surface area is 118 Å². The lowest BCUT2D eigenvalue weighted by Gasteiger charge is -2.09. The van der Waals surface area contributed by atoms with Crippen LogP contribution in [0.25, 0.3) is 0 Å². The average molecular weight is 272 g/mol. The Hall–Kier alpha value is -1.98. The molecule has 0 saturated carbocycles. The fourth-order valence-corrected chi connectivity index (χ4v) is 1.83. The van der Waals surface area contributed by atoms with Gasteiger partial charge in [-0.15, -0.1) is 0 Å². The topological polar surface area (TPSA) is 58.9 Å². The summed E-state index contributed by atoms with van der Waals surface area (Å²) in [6.45, 7) is 2.90. The molecule has 2 rings (SSSR count). The monoisotopic (exact) mass is 272 g/mol. The zero-order valence-electron chi connectivity index (χ0n) is 11.3. The number of ether oxygens (including phenoxy) is 2. The van der Waals surface area contributed by atoms with E-state index in [1.807, 2.05) is 37.3 Å². The molecule has 0 heterocycles. The van der Waals surface area contributed by atoms with E-state index in [2.05, 4.69) is 0 Å². The lowest BCUT2D eigenvalue weighted by atomic mass is 9.80. The molecule has 2 aromatic rings. The summed E-state index contributed by atoms with van der Waals surface area (Å²) in [5.74, 6) is 1.48. The molecule has 0 fully saturated rings. The number of hydrogen-bond acceptors (Lipinski definition) is 4. The van der Waals surface area contributed by atoms with Crippen molar-refractivity contribution in [1.82, 2.24) is 0 Å². The number of hydrogen-bond donors (Lipinski definition) is 2. The van der Waals surface area contributed by atoms with Gasteiger partial charge in [-0.2, -0.15) is 0 Å². The quantitative estimate of drug-likeness (QED) is 0.779. The normalized spacial score (nSPS) is 10.2. The molecule has 2 aromatic carbocycles. The second-order valence-electron chi connectivity index (χ2n) is 4.32. The Morgan fingerprint density at radius 2 is 1.65 bits per heavy atom. The molecule has 0 aromatic heterocycles. The van der Waals surface area contributed by atoms with Crippen LogP contribution in [0.4, 0.5) is 0 Å². The maximum atomic E-state index is 9.13. The van der Waals surface area contributed by atoms with E-state index in [4.69, 9.17) is 19.5 Å². The van der Waals surface area contributed by atoms with Crippen LogP contribution in [0.3, 0.4) is 0 Å². The summed E-state index contributed by atoms with van der Waals surface area (Å²) in [5, 5.41) is 18.3. The molecule has 0 radical (unpaired) electrons. The molecule has 0 aliphatic rings. The van der Waals surface area contributed by atoms with Crippen LogP contribution in [-0.4, -0.2) is 23.8 Å². The highest BCUT2D eigenvalue weighted by Crippen LogP contribution is 2.20. The zero-order chi connectivity index (χ0) is 14.4. The molecule has 104 valence electrons. The second-order valence-corrected chi connectivity index (χ2v) is 4.32. The van der Waals surface area contributed by atoms with Crippen LogP contribution >= 0.6 is 0 Å². The molecule has 0 atom stereocenters. The van der Waals surface area contributed by atoms with Gasteiger partial charge >= 0.3 is 7.12 Å². The van der Waals surface area contributed by atoms with Gasteiger partial charge in [-0.05, 0) is 30.1 Å². The van der Waals surface area contributed by atoms with Gasteiger partial charge in [-0.1, -0.05) is 30.3 Å². The molecule has 0 saturated heterocycles. The van der Waals surface area contributed by atoms with Crippen LogP contribution in [0.5, 0.6) is 11.5 Å². The Balaban J connectivity index is 2.01. The van der Waals surface area contributed by atoms with Crippen molar-refractivity contribution in [2.75, 3.05) is 6.61 Å². The van der Waals surface area contributed by atoms with Crippen molar-refractivity contribution in [1.29, 1.82) is 0 Å². The van der Waals surface area contributed by atoms with Gasteiger partial charge in [-0.3, -0.25) is 0 Å². The van der Waals surface area contributed by atoms with E-state index in [-0.39, 0.29) is 0 Å². The third kappa shape index (κ3) is 4.01. The molecule has 20 heavy (non-hydrogen) atoms. The lowest BCUT2D eigenvalue weighted by molar-refractivity contribution is 0.299. The minimum atomic E-state index is -1.46. The van der Waals surface area contributed by atoms with E-state index in [0.717, 1.165) is 11.3 Å². The predicted molar refractivity (Wildman–Crippen MR) is 78.2 cm³/mol. The lowest BCUT2D eigenvalue weighted by Crippen LogP contribution is -2.29. The number of rotatable bonds is 6. The summed E-state index contributed by atoms with van der Waals surface area (Å²) in [6.07, 6.45) is 0. The van der Waals surface area contributed by atoms with Crippen molar-refractivity contribution in [2.45, 2.75) is 13.5 Å². The van der Waals surface area contributed by atoms with Crippen LogP contribution in [-0.2, 0) is 6.61 Å². The van der Waals surface area contributed by atoms with Crippen molar-refractivity contribution in [3.8, 4) is 11.5 Å². The summed E-state index contributed by atoms with van der Waals surface area (Å²) in [4.78, 5) is 0. The van der Waals surface area contributed by atoms with E-state index in [9.17, 15) is 0 Å². The van der Waals surface area contributed by atoms with Crippen molar-refractivity contribution in [3.05, 3.63) is 54.1 Å². The smallest absolute Gasteiger partial charge is 0.488 e. The average Bonchev–Trinajstić information content (AvgIpc) is 2.46. The highest BCUT2D eigenvalue weighted by Gasteiger charge is 2.10. The van der Waals surface area contributed by atoms with Gasteiger partial charge in [0.05, 0.1) is 6.61 Å². The summed E-state index contributed by atoms with van der Waals surface area (Å²) >= 11 is 0. The van der Waals surface area contributed by atoms with E-state index in [0.29, 0.717) is 24.4 Å². The Morgan fingerprint density at radius 1 is 0.950 bits per heavy atom. The first-order valence-corrected chi connectivity index (χ1v) is 6.49. The Morgan fingerprint density at radius 3 is 2.35 bits per heavy atom. The maximum Gasteiger partial charge on any atom is 0.488 e. The SMILES string of the molecule is CCOc1cccc(OCc2cccc(B(O)O)c2)c1. The molecule has 0 amide bonds. The summed E-state index contributed by atoms with van der Waals surface area (Å²) in [7, 11) is -1.46. The van der Waals surface area contributed by atoms with E-state index < -0.39 is 7.12 Å². The molecule has 5 heteroatoms. The minimum Gasteiger partial charge on any atom is -0.494 e. The Bertz CT molecular complexity index is 557. The molecule has 0 aliphatic carbocycles. The van der Waals surface area contributed by atoms with Crippen molar-refractivity contribution < 1.29 is 19.5 Å². The van der Waals surface area contributed by atoms with Gasteiger partial charge in [0.15, 0.2) is 0 Å². The van der Waals surface area contributed by atoms with Crippen molar-refractivity contribution in [3.63, 3.8) is 0 Å². The molecule has 0 bridgehead atoms. The first-order chi connectivity index (χ1) is 9.69. The van der Waals surface area contributed by atoms with Crippen LogP contribution in [0.2, 0.25) is 0 Å². The van der Waals surface area contributed by atoms with Gasteiger partial charge < -0.3 is 19.5 Å². The second kappa shape index (κ2) is 6.98. The van der Waals surface area contributed by atoms with Gasteiger partial charge in [-0.25, -0.2) is 0 Å². The van der Waals surface area contributed by atoms with Crippen molar-refractivity contribution in [2.24, 2.45) is 0 Å². The highest BCUT2D eigenvalue weighted by molar-refractivity contribution is 6.58. The highest BCUT2D eigenvalue weighted by atomic mass is 16.5. The van der Waals surface area contributed by atoms with Gasteiger partial charge in [0, 0.05) is 6.07 Å². The first kappa shape index (κ1) is 14.4. The largest absolute Gasteiger partial charge is 0.494 e. The van der Waals surface area contributed by atoms with Crippen LogP contribution in [0.15, 0.2) is 48.5 Å². The summed E-state index contributed by atoms with van der Waals surface area (Å²) in [6, 6.07) is 14.4. The standard InChI is InChI=1S/C15H17BO4/c1-2-19-14-7-4-8-15(10-14)20-11-12-5-3-6-13(9-12)16(17)18/h3-10,17-18H,2,11H2,1H3. The fourth-order valence-electron chi connectivity index (χ4n) is 1.83. The van der Waals surface area contributed by atoms with Gasteiger partial charge in [0.25, 0.3) is 0 Å². The third-order valence-electron chi connectivity index (χ3n) is 2.77. The molecule has 0 unspecified atom stereocenters. The molecule has 2 N–H and O–H groups in total. The van der Waals surface area contributed by atoms with Gasteiger partial charge in [0.2, 0.25) is 0 Å². The molecule has 0 aliphatic heterocycles. The minimum absolute atomic E-state index is 0.357. The van der Waals surface area contributed by atoms with Gasteiger partial charge in [0.1, 0.15) is 18.1 Å². The maximum absolute atomic E-state index is 9.13.